The molecule has 0 amide bonds. The van der Waals surface area contributed by atoms with Gasteiger partial charge in [0, 0.05) is 19.4 Å². The van der Waals surface area contributed by atoms with Crippen molar-refractivity contribution in [3.63, 3.8) is 0 Å². The van der Waals surface area contributed by atoms with Crippen molar-refractivity contribution in [2.75, 3.05) is 33.4 Å². The lowest BCUT2D eigenvalue weighted by atomic mass is 10.1. The van der Waals surface area contributed by atoms with Gasteiger partial charge in [0.25, 0.3) is 0 Å². The number of esters is 2. The molecular formula is C48H88NO8P. The Hall–Kier alpha value is -2.03. The summed E-state index contributed by atoms with van der Waals surface area (Å²) >= 11 is 0. The second kappa shape index (κ2) is 44.5. The Labute approximate surface area is 356 Å². The third-order valence-corrected chi connectivity index (χ3v) is 10.9. The van der Waals surface area contributed by atoms with Crippen LogP contribution in [0.3, 0.4) is 0 Å². The van der Waals surface area contributed by atoms with E-state index < -0.39 is 26.5 Å². The van der Waals surface area contributed by atoms with E-state index in [0.717, 1.165) is 44.9 Å². The Morgan fingerprint density at radius 2 is 0.948 bits per heavy atom. The number of carbonyl (C=O) groups is 2. The van der Waals surface area contributed by atoms with E-state index in [2.05, 4.69) is 67.8 Å². The molecule has 10 heteroatoms. The van der Waals surface area contributed by atoms with Gasteiger partial charge in [-0.25, -0.2) is 4.57 Å². The largest absolute Gasteiger partial charge is 0.472 e. The van der Waals surface area contributed by atoms with E-state index in [1.54, 1.807) is 7.05 Å². The predicted octanol–water partition coefficient (Wildman–Crippen LogP) is 13.8. The van der Waals surface area contributed by atoms with Gasteiger partial charge < -0.3 is 19.7 Å². The van der Waals surface area contributed by atoms with E-state index in [1.165, 1.54) is 128 Å². The van der Waals surface area contributed by atoms with E-state index in [0.29, 0.717) is 13.0 Å². The van der Waals surface area contributed by atoms with E-state index >= 15 is 0 Å². The van der Waals surface area contributed by atoms with Crippen LogP contribution in [0.25, 0.3) is 0 Å². The van der Waals surface area contributed by atoms with Crippen LogP contribution in [-0.4, -0.2) is 56.3 Å². The number of carbonyl (C=O) groups excluding carboxylic acids is 2. The first-order valence-electron chi connectivity index (χ1n) is 23.6. The number of ether oxygens (including phenoxy) is 2. The molecule has 0 spiro atoms. The van der Waals surface area contributed by atoms with Gasteiger partial charge in [0.05, 0.1) is 13.2 Å². The lowest BCUT2D eigenvalue weighted by Crippen LogP contribution is -2.29. The highest BCUT2D eigenvalue weighted by atomic mass is 31.2. The van der Waals surface area contributed by atoms with Crippen LogP contribution in [-0.2, 0) is 32.7 Å². The van der Waals surface area contributed by atoms with Gasteiger partial charge >= 0.3 is 19.8 Å². The normalized spacial score (nSPS) is 13.7. The summed E-state index contributed by atoms with van der Waals surface area (Å²) in [4.78, 5) is 35.1. The van der Waals surface area contributed by atoms with E-state index in [9.17, 15) is 19.0 Å². The van der Waals surface area contributed by atoms with Gasteiger partial charge in [-0.15, -0.1) is 0 Å². The molecule has 58 heavy (non-hydrogen) atoms. The molecule has 0 saturated heterocycles. The maximum absolute atomic E-state index is 12.6. The highest BCUT2D eigenvalue weighted by Gasteiger charge is 2.26. The first kappa shape index (κ1) is 56.0. The van der Waals surface area contributed by atoms with Gasteiger partial charge in [-0.1, -0.05) is 172 Å². The van der Waals surface area contributed by atoms with Crippen LogP contribution in [0, 0.1) is 0 Å². The molecule has 0 fully saturated rings. The second-order valence-electron chi connectivity index (χ2n) is 15.6. The number of phosphoric ester groups is 1. The van der Waals surface area contributed by atoms with Crippen molar-refractivity contribution in [2.45, 2.75) is 213 Å². The number of likely N-dealkylation sites (N-methyl/N-ethyl adjacent to an activating group) is 1. The molecule has 2 atom stereocenters. The summed E-state index contributed by atoms with van der Waals surface area (Å²) in [6.45, 7) is 4.17. The minimum absolute atomic E-state index is 0.0271. The summed E-state index contributed by atoms with van der Waals surface area (Å²) in [7, 11) is -2.67. The molecule has 2 N–H and O–H groups in total. The summed E-state index contributed by atoms with van der Waals surface area (Å²) in [6.07, 6.45) is 50.2. The average molecular weight is 838 g/mol. The van der Waals surface area contributed by atoms with Crippen molar-refractivity contribution in [3.05, 3.63) is 48.6 Å². The molecule has 0 aromatic carbocycles. The molecule has 0 rings (SSSR count). The van der Waals surface area contributed by atoms with Crippen LogP contribution >= 0.6 is 7.82 Å². The summed E-state index contributed by atoms with van der Waals surface area (Å²) < 4.78 is 33.2. The SMILES string of the molecule is CCCCCCCC/C=C\C/C=C\C/C=C\CCCC(=O)OC(COC(=O)CCCCCCCCCCC/C=C\CCCCCCCC)COP(=O)(O)OCCNC. The molecule has 0 bridgehead atoms. The van der Waals surface area contributed by atoms with Gasteiger partial charge in [0.1, 0.15) is 6.61 Å². The van der Waals surface area contributed by atoms with Crippen molar-refractivity contribution in [3.8, 4) is 0 Å². The molecule has 0 saturated carbocycles. The standard InChI is InChI=1S/C48H88NO8P/c1-4-6-8-10-12-14-16-18-20-22-23-25-26-28-30-32-34-36-38-40-47(50)54-44-46(45-56-58(52,53)55-43-42-49-3)57-48(51)41-39-37-35-33-31-29-27-24-21-19-17-15-13-11-9-7-5-2/h18-21,27,29,33,35,46,49H,4-17,22-26,28,30-32,34,36-45H2,1-3H3,(H,52,53)/b20-18-,21-19-,29-27-,35-33-. The Morgan fingerprint density at radius 1 is 0.534 bits per heavy atom. The van der Waals surface area contributed by atoms with E-state index in [1.807, 2.05) is 0 Å². The molecule has 0 aliphatic carbocycles. The van der Waals surface area contributed by atoms with Crippen molar-refractivity contribution in [1.29, 1.82) is 0 Å². The van der Waals surface area contributed by atoms with Crippen molar-refractivity contribution >= 4 is 19.8 Å². The predicted molar refractivity (Wildman–Crippen MR) is 243 cm³/mol. The van der Waals surface area contributed by atoms with Gasteiger partial charge in [0.2, 0.25) is 0 Å². The molecule has 9 nitrogen and oxygen atoms in total. The average Bonchev–Trinajstić information content (AvgIpc) is 3.21. The van der Waals surface area contributed by atoms with Crippen LogP contribution in [0.5, 0.6) is 0 Å². The highest BCUT2D eigenvalue weighted by Crippen LogP contribution is 2.43. The zero-order valence-electron chi connectivity index (χ0n) is 37.5. The fourth-order valence-electron chi connectivity index (χ4n) is 6.33. The van der Waals surface area contributed by atoms with E-state index in [-0.39, 0.29) is 32.0 Å². The van der Waals surface area contributed by atoms with Gasteiger partial charge in [0.15, 0.2) is 6.10 Å². The Balaban J connectivity index is 4.24. The minimum Gasteiger partial charge on any atom is -0.462 e. The molecular weight excluding hydrogens is 750 g/mol. The van der Waals surface area contributed by atoms with Gasteiger partial charge in [-0.3, -0.25) is 18.6 Å². The maximum Gasteiger partial charge on any atom is 0.472 e. The molecule has 0 aromatic rings. The number of hydrogen-bond donors (Lipinski definition) is 2. The summed E-state index contributed by atoms with van der Waals surface area (Å²) in [6, 6.07) is 0. The van der Waals surface area contributed by atoms with Gasteiger partial charge in [-0.05, 0) is 77.7 Å². The summed E-state index contributed by atoms with van der Waals surface area (Å²) in [5.74, 6) is -0.867. The van der Waals surface area contributed by atoms with Crippen molar-refractivity contribution < 1.29 is 37.6 Å². The van der Waals surface area contributed by atoms with Crippen molar-refractivity contribution in [2.24, 2.45) is 0 Å². The molecule has 0 aliphatic heterocycles. The number of hydrogen-bond acceptors (Lipinski definition) is 8. The number of unbranched alkanes of at least 4 members (excludes halogenated alkanes) is 22. The lowest BCUT2D eigenvalue weighted by molar-refractivity contribution is -0.161. The number of allylic oxidation sites excluding steroid dienone is 8. The quantitative estimate of drug-likeness (QED) is 0.0267. The Morgan fingerprint density at radius 3 is 1.45 bits per heavy atom. The molecule has 0 radical (unpaired) electrons. The van der Waals surface area contributed by atoms with Crippen LogP contribution < -0.4 is 5.32 Å². The zero-order chi connectivity index (χ0) is 42.5. The van der Waals surface area contributed by atoms with E-state index in [4.69, 9.17) is 18.5 Å². The molecule has 338 valence electrons. The summed E-state index contributed by atoms with van der Waals surface area (Å²) in [5, 5.41) is 2.82. The molecule has 0 heterocycles. The fraction of sp³-hybridized carbons (Fsp3) is 0.792. The summed E-state index contributed by atoms with van der Waals surface area (Å²) in [5.41, 5.74) is 0. The maximum atomic E-state index is 12.6. The second-order valence-corrected chi connectivity index (χ2v) is 17.0. The zero-order valence-corrected chi connectivity index (χ0v) is 38.4. The smallest absolute Gasteiger partial charge is 0.462 e. The molecule has 2 unspecified atom stereocenters. The van der Waals surface area contributed by atoms with Gasteiger partial charge in [-0.2, -0.15) is 0 Å². The molecule has 0 aliphatic rings. The van der Waals surface area contributed by atoms with Crippen LogP contribution in [0.2, 0.25) is 0 Å². The lowest BCUT2D eigenvalue weighted by Gasteiger charge is -2.20. The Kier molecular flexibility index (Phi) is 43.0. The third kappa shape index (κ3) is 43.5. The highest BCUT2D eigenvalue weighted by molar-refractivity contribution is 7.47. The van der Waals surface area contributed by atoms with Crippen molar-refractivity contribution in [1.82, 2.24) is 5.32 Å². The first-order chi connectivity index (χ1) is 28.3. The Bertz CT molecular complexity index is 1090. The van der Waals surface area contributed by atoms with Crippen LogP contribution in [0.4, 0.5) is 0 Å². The topological polar surface area (TPSA) is 120 Å². The first-order valence-corrected chi connectivity index (χ1v) is 25.1. The number of phosphoric acid groups is 1. The number of nitrogens with one attached hydrogen (secondary N) is 1. The molecule has 0 aromatic heterocycles. The fourth-order valence-corrected chi connectivity index (χ4v) is 7.08. The van der Waals surface area contributed by atoms with Crippen LogP contribution in [0.1, 0.15) is 206 Å². The third-order valence-electron chi connectivity index (χ3n) is 9.92. The number of rotatable bonds is 44. The van der Waals surface area contributed by atoms with Crippen LogP contribution in [0.15, 0.2) is 48.6 Å². The monoisotopic (exact) mass is 838 g/mol. The minimum atomic E-state index is -4.37.